The Morgan fingerprint density at radius 3 is 2.57 bits per heavy atom. The lowest BCUT2D eigenvalue weighted by Crippen LogP contribution is -2.48. The van der Waals surface area contributed by atoms with Crippen molar-refractivity contribution < 1.29 is 9.18 Å². The molecule has 0 spiro atoms. The second-order valence-electron chi connectivity index (χ2n) is 6.43. The first-order valence-electron chi connectivity index (χ1n) is 8.86. The van der Waals surface area contributed by atoms with Crippen LogP contribution in [0.15, 0.2) is 53.9 Å². The Labute approximate surface area is 171 Å². The van der Waals surface area contributed by atoms with Crippen molar-refractivity contribution in [1.29, 1.82) is 0 Å². The number of nitrogens with zero attached hydrogens (tertiary/aromatic N) is 3. The first kappa shape index (κ1) is 18.7. The van der Waals surface area contributed by atoms with Gasteiger partial charge in [0.15, 0.2) is 5.13 Å². The number of carbonyl (C=O) groups is 1. The quantitative estimate of drug-likeness (QED) is 0.673. The van der Waals surface area contributed by atoms with E-state index in [0.29, 0.717) is 42.0 Å². The summed E-state index contributed by atoms with van der Waals surface area (Å²) in [6.45, 7) is 2.61. The number of thiazole rings is 1. The highest BCUT2D eigenvalue weighted by Gasteiger charge is 2.24. The average Bonchev–Trinajstić information content (AvgIpc) is 3.17. The zero-order chi connectivity index (χ0) is 19.5. The number of rotatable bonds is 4. The molecule has 4 rings (SSSR count). The zero-order valence-electron chi connectivity index (χ0n) is 14.9. The maximum Gasteiger partial charge on any atom is 0.273 e. The number of aromatic nitrogens is 1. The molecule has 1 fully saturated rings. The van der Waals surface area contributed by atoms with Crippen molar-refractivity contribution in [3.63, 3.8) is 0 Å². The second kappa shape index (κ2) is 8.16. The topological polar surface area (TPSA) is 48.5 Å². The fraction of sp³-hybridized carbons (Fsp3) is 0.200. The fourth-order valence-electron chi connectivity index (χ4n) is 3.10. The van der Waals surface area contributed by atoms with Crippen molar-refractivity contribution in [3.05, 3.63) is 70.4 Å². The highest BCUT2D eigenvalue weighted by atomic mass is 35.5. The predicted molar refractivity (Wildman–Crippen MR) is 111 cm³/mol. The first-order valence-corrected chi connectivity index (χ1v) is 10.1. The molecule has 144 valence electrons. The molecule has 1 aliphatic rings. The molecule has 0 radical (unpaired) electrons. The van der Waals surface area contributed by atoms with E-state index in [1.807, 2.05) is 12.1 Å². The van der Waals surface area contributed by atoms with E-state index in [9.17, 15) is 9.18 Å². The van der Waals surface area contributed by atoms with Crippen LogP contribution in [0.25, 0.3) is 0 Å². The van der Waals surface area contributed by atoms with Gasteiger partial charge >= 0.3 is 0 Å². The minimum Gasteiger partial charge on any atom is -0.368 e. The summed E-state index contributed by atoms with van der Waals surface area (Å²) < 4.78 is 13.1. The van der Waals surface area contributed by atoms with E-state index in [1.165, 1.54) is 23.5 Å². The maximum absolute atomic E-state index is 13.1. The Kier molecular flexibility index (Phi) is 5.45. The van der Waals surface area contributed by atoms with Crippen molar-refractivity contribution >= 4 is 45.4 Å². The van der Waals surface area contributed by atoms with Gasteiger partial charge in [0, 0.05) is 48.0 Å². The Morgan fingerprint density at radius 2 is 1.86 bits per heavy atom. The first-order chi connectivity index (χ1) is 13.6. The van der Waals surface area contributed by atoms with Crippen LogP contribution in [0.1, 0.15) is 10.5 Å². The minimum atomic E-state index is -0.247. The Bertz CT molecular complexity index is 970. The SMILES string of the molecule is O=C(c1csc(Nc2cccc(Cl)c2)n1)N1CCN(c2ccc(F)cc2)CC1. The number of hydrogen-bond donors (Lipinski definition) is 1. The molecule has 1 aromatic heterocycles. The third kappa shape index (κ3) is 4.26. The summed E-state index contributed by atoms with van der Waals surface area (Å²) >= 11 is 7.37. The van der Waals surface area contributed by atoms with Gasteiger partial charge in [-0.3, -0.25) is 4.79 Å². The number of amides is 1. The third-order valence-electron chi connectivity index (χ3n) is 4.56. The van der Waals surface area contributed by atoms with Crippen LogP contribution in [0.3, 0.4) is 0 Å². The smallest absolute Gasteiger partial charge is 0.273 e. The van der Waals surface area contributed by atoms with E-state index in [0.717, 1.165) is 11.4 Å². The fourth-order valence-corrected chi connectivity index (χ4v) is 4.00. The molecular weight excluding hydrogens is 399 g/mol. The van der Waals surface area contributed by atoms with E-state index >= 15 is 0 Å². The number of nitrogens with one attached hydrogen (secondary N) is 1. The number of halogens is 2. The lowest BCUT2D eigenvalue weighted by molar-refractivity contribution is 0.0742. The van der Waals surface area contributed by atoms with Crippen molar-refractivity contribution in [2.24, 2.45) is 0 Å². The number of carbonyl (C=O) groups excluding carboxylic acids is 1. The summed E-state index contributed by atoms with van der Waals surface area (Å²) in [6, 6.07) is 13.8. The monoisotopic (exact) mass is 416 g/mol. The van der Waals surface area contributed by atoms with E-state index in [4.69, 9.17) is 11.6 Å². The van der Waals surface area contributed by atoms with Crippen LogP contribution < -0.4 is 10.2 Å². The maximum atomic E-state index is 13.1. The lowest BCUT2D eigenvalue weighted by Gasteiger charge is -2.35. The number of benzene rings is 2. The summed E-state index contributed by atoms with van der Waals surface area (Å²) in [5, 5.41) is 6.22. The minimum absolute atomic E-state index is 0.0749. The lowest BCUT2D eigenvalue weighted by atomic mass is 10.2. The number of piperazine rings is 1. The van der Waals surface area contributed by atoms with Crippen LogP contribution in [0.4, 0.5) is 20.9 Å². The van der Waals surface area contributed by atoms with Crippen LogP contribution in [-0.4, -0.2) is 42.0 Å². The van der Waals surface area contributed by atoms with Crippen molar-refractivity contribution in [1.82, 2.24) is 9.88 Å². The van der Waals surface area contributed by atoms with Crippen LogP contribution in [0, 0.1) is 5.82 Å². The molecule has 1 aliphatic heterocycles. The van der Waals surface area contributed by atoms with Crippen molar-refractivity contribution in [2.45, 2.75) is 0 Å². The summed E-state index contributed by atoms with van der Waals surface area (Å²) in [7, 11) is 0. The van der Waals surface area contributed by atoms with E-state index in [-0.39, 0.29) is 11.7 Å². The van der Waals surface area contributed by atoms with Gasteiger partial charge in [-0.25, -0.2) is 9.37 Å². The van der Waals surface area contributed by atoms with Gasteiger partial charge in [-0.1, -0.05) is 17.7 Å². The molecule has 8 heteroatoms. The van der Waals surface area contributed by atoms with Crippen LogP contribution in [-0.2, 0) is 0 Å². The average molecular weight is 417 g/mol. The molecule has 0 unspecified atom stereocenters. The molecule has 2 aromatic carbocycles. The molecule has 28 heavy (non-hydrogen) atoms. The van der Waals surface area contributed by atoms with Gasteiger partial charge in [0.25, 0.3) is 5.91 Å². The zero-order valence-corrected chi connectivity index (χ0v) is 16.5. The molecule has 0 bridgehead atoms. The van der Waals surface area contributed by atoms with E-state index in [2.05, 4.69) is 15.2 Å². The summed E-state index contributed by atoms with van der Waals surface area (Å²) in [5.41, 5.74) is 2.23. The Balaban J connectivity index is 1.36. The molecule has 1 N–H and O–H groups in total. The Hall–Kier alpha value is -2.64. The molecule has 0 saturated carbocycles. The van der Waals surface area contributed by atoms with Gasteiger partial charge < -0.3 is 15.1 Å². The normalized spacial score (nSPS) is 14.2. The molecule has 0 atom stereocenters. The molecular formula is C20H18ClFN4OS. The molecule has 1 amide bonds. The van der Waals surface area contributed by atoms with Gasteiger partial charge in [-0.2, -0.15) is 0 Å². The summed E-state index contributed by atoms with van der Waals surface area (Å²) in [5.74, 6) is -0.322. The number of anilines is 3. The second-order valence-corrected chi connectivity index (χ2v) is 7.72. The Morgan fingerprint density at radius 1 is 1.11 bits per heavy atom. The van der Waals surface area contributed by atoms with E-state index in [1.54, 1.807) is 34.5 Å². The van der Waals surface area contributed by atoms with Gasteiger partial charge in [0.2, 0.25) is 0 Å². The van der Waals surface area contributed by atoms with Crippen molar-refractivity contribution in [2.75, 3.05) is 36.4 Å². The molecule has 5 nitrogen and oxygen atoms in total. The number of hydrogen-bond acceptors (Lipinski definition) is 5. The third-order valence-corrected chi connectivity index (χ3v) is 5.55. The predicted octanol–water partition coefficient (Wildman–Crippen LogP) is 4.64. The molecule has 3 aromatic rings. The summed E-state index contributed by atoms with van der Waals surface area (Å²) in [6.07, 6.45) is 0. The molecule has 0 aliphatic carbocycles. The van der Waals surface area contributed by atoms with Gasteiger partial charge in [0.1, 0.15) is 11.5 Å². The van der Waals surface area contributed by atoms with Crippen molar-refractivity contribution in [3.8, 4) is 0 Å². The van der Waals surface area contributed by atoms with Gasteiger partial charge in [-0.05, 0) is 42.5 Å². The van der Waals surface area contributed by atoms with Crippen LogP contribution in [0.2, 0.25) is 5.02 Å². The highest BCUT2D eigenvalue weighted by Crippen LogP contribution is 2.24. The molecule has 1 saturated heterocycles. The van der Waals surface area contributed by atoms with Crippen LogP contribution >= 0.6 is 22.9 Å². The van der Waals surface area contributed by atoms with Gasteiger partial charge in [-0.15, -0.1) is 11.3 Å². The standard InChI is InChI=1S/C20H18ClFN4OS/c21-14-2-1-3-16(12-14)23-20-24-18(13-28-20)19(27)26-10-8-25(9-11-26)17-6-4-15(22)5-7-17/h1-7,12-13H,8-11H2,(H,23,24). The van der Waals surface area contributed by atoms with E-state index < -0.39 is 0 Å². The molecule has 2 heterocycles. The summed E-state index contributed by atoms with van der Waals surface area (Å²) in [4.78, 5) is 21.1. The van der Waals surface area contributed by atoms with Gasteiger partial charge in [0.05, 0.1) is 0 Å². The largest absolute Gasteiger partial charge is 0.368 e. The highest BCUT2D eigenvalue weighted by molar-refractivity contribution is 7.14. The van der Waals surface area contributed by atoms with Crippen LogP contribution in [0.5, 0.6) is 0 Å².